The van der Waals surface area contributed by atoms with Crippen LogP contribution in [0, 0.1) is 5.92 Å². The smallest absolute Gasteiger partial charge is 0.243 e. The van der Waals surface area contributed by atoms with Gasteiger partial charge in [-0.15, -0.1) is 0 Å². The highest BCUT2D eigenvalue weighted by Crippen LogP contribution is 2.24. The first-order chi connectivity index (χ1) is 14.9. The van der Waals surface area contributed by atoms with Crippen LogP contribution in [-0.4, -0.2) is 35.2 Å². The molecule has 3 atom stereocenters. The average Bonchev–Trinajstić information content (AvgIpc) is 3.24. The Hall–Kier alpha value is -2.36. The molecule has 1 fully saturated rings. The molecule has 4 rings (SSSR count). The average molecular weight is 459 g/mol. The minimum atomic E-state index is -3.98. The molecule has 0 saturated heterocycles. The molecule has 0 spiro atoms. The molecule has 2 N–H and O–H groups in total. The van der Waals surface area contributed by atoms with Crippen LogP contribution in [0.4, 0.5) is 0 Å². The molecule has 0 aliphatic heterocycles. The van der Waals surface area contributed by atoms with Gasteiger partial charge in [0.15, 0.2) is 0 Å². The van der Waals surface area contributed by atoms with E-state index in [-0.39, 0.29) is 23.3 Å². The lowest BCUT2D eigenvalue weighted by molar-refractivity contribution is -0.124. The van der Waals surface area contributed by atoms with Gasteiger partial charge in [-0.2, -0.15) is 13.5 Å². The highest BCUT2D eigenvalue weighted by molar-refractivity contribution is 7.89. The predicted octanol–water partition coefficient (Wildman–Crippen LogP) is 3.28. The van der Waals surface area contributed by atoms with Crippen molar-refractivity contribution in [2.75, 3.05) is 0 Å². The van der Waals surface area contributed by atoms with E-state index in [0.717, 1.165) is 36.6 Å². The van der Waals surface area contributed by atoms with Crippen LogP contribution in [0.1, 0.15) is 38.2 Å². The van der Waals surface area contributed by atoms with E-state index in [1.165, 1.54) is 12.5 Å². The molecule has 0 bridgehead atoms. The number of amides is 1. The van der Waals surface area contributed by atoms with E-state index in [2.05, 4.69) is 25.7 Å². The standard InChI is InChI=1S/C22H26N4O3S2/c1-15-8-5-6-11-17(15)23-22(27)19(14-16-9-3-2-4-10-16)26-31(28,29)20-13-7-12-18-21(20)25-30-24-18/h2-4,7,9-10,12-13,15,17,19,26H,5-6,8,11,14H2,1H3,(H,23,27)/t15-,17-,19+/m1/s1. The summed E-state index contributed by atoms with van der Waals surface area (Å²) in [7, 11) is -3.98. The highest BCUT2D eigenvalue weighted by Gasteiger charge is 2.31. The number of hydrogen-bond acceptors (Lipinski definition) is 6. The van der Waals surface area contributed by atoms with E-state index in [0.29, 0.717) is 17.0 Å². The number of nitrogens with zero attached hydrogens (tertiary/aromatic N) is 2. The van der Waals surface area contributed by atoms with Gasteiger partial charge in [0.05, 0.1) is 11.7 Å². The Morgan fingerprint density at radius 2 is 1.87 bits per heavy atom. The molecule has 9 heteroatoms. The van der Waals surface area contributed by atoms with Gasteiger partial charge in [0.25, 0.3) is 0 Å². The Bertz CT molecular complexity index is 1150. The molecule has 7 nitrogen and oxygen atoms in total. The quantitative estimate of drug-likeness (QED) is 0.566. The van der Waals surface area contributed by atoms with Crippen molar-refractivity contribution in [3.8, 4) is 0 Å². The molecular formula is C22H26N4O3S2. The van der Waals surface area contributed by atoms with Gasteiger partial charge >= 0.3 is 0 Å². The number of carbonyl (C=O) groups excluding carboxylic acids is 1. The largest absolute Gasteiger partial charge is 0.352 e. The summed E-state index contributed by atoms with van der Waals surface area (Å²) in [6.45, 7) is 2.14. The Morgan fingerprint density at radius 1 is 1.10 bits per heavy atom. The zero-order chi connectivity index (χ0) is 21.8. The van der Waals surface area contributed by atoms with Crippen LogP contribution >= 0.6 is 11.7 Å². The van der Waals surface area contributed by atoms with Crippen molar-refractivity contribution in [3.63, 3.8) is 0 Å². The van der Waals surface area contributed by atoms with Gasteiger partial charge < -0.3 is 5.32 Å². The van der Waals surface area contributed by atoms with Gasteiger partial charge in [0, 0.05) is 6.04 Å². The van der Waals surface area contributed by atoms with Crippen LogP contribution in [0.2, 0.25) is 0 Å². The third-order valence-electron chi connectivity index (χ3n) is 5.87. The SMILES string of the molecule is C[C@@H]1CCCC[C@H]1NC(=O)[C@H](Cc1ccccc1)NS(=O)(=O)c1cccc2nsnc12. The van der Waals surface area contributed by atoms with Crippen molar-refractivity contribution in [3.05, 3.63) is 54.1 Å². The van der Waals surface area contributed by atoms with Crippen LogP contribution in [0.15, 0.2) is 53.4 Å². The van der Waals surface area contributed by atoms with Gasteiger partial charge in [0.2, 0.25) is 15.9 Å². The highest BCUT2D eigenvalue weighted by atomic mass is 32.2. The number of benzene rings is 2. The first-order valence-electron chi connectivity index (χ1n) is 10.5. The lowest BCUT2D eigenvalue weighted by atomic mass is 9.86. The summed E-state index contributed by atoms with van der Waals surface area (Å²) < 4.78 is 37.4. The summed E-state index contributed by atoms with van der Waals surface area (Å²) in [4.78, 5) is 13.3. The summed E-state index contributed by atoms with van der Waals surface area (Å²) in [5.74, 6) is 0.0799. The first-order valence-corrected chi connectivity index (χ1v) is 12.7. The summed E-state index contributed by atoms with van der Waals surface area (Å²) in [6.07, 6.45) is 4.49. The molecular weight excluding hydrogens is 432 g/mol. The number of sulfonamides is 1. The normalized spacial score (nSPS) is 20.4. The molecule has 3 aromatic rings. The second-order valence-corrected chi connectivity index (χ2v) is 10.3. The summed E-state index contributed by atoms with van der Waals surface area (Å²) >= 11 is 0.963. The van der Waals surface area contributed by atoms with Gasteiger partial charge in [-0.05, 0) is 42.9 Å². The van der Waals surface area contributed by atoms with Crippen molar-refractivity contribution in [2.24, 2.45) is 5.92 Å². The van der Waals surface area contributed by atoms with E-state index in [1.54, 1.807) is 12.1 Å². The zero-order valence-corrected chi connectivity index (χ0v) is 19.0. The van der Waals surface area contributed by atoms with E-state index in [4.69, 9.17) is 0 Å². The maximum absolute atomic E-state index is 13.3. The lowest BCUT2D eigenvalue weighted by Gasteiger charge is -2.31. The molecule has 1 aliphatic carbocycles. The van der Waals surface area contributed by atoms with Crippen molar-refractivity contribution in [1.29, 1.82) is 0 Å². The topological polar surface area (TPSA) is 101 Å². The first kappa shape index (κ1) is 21.9. The molecule has 1 amide bonds. The van der Waals surface area contributed by atoms with Crippen molar-refractivity contribution < 1.29 is 13.2 Å². The van der Waals surface area contributed by atoms with Crippen LogP contribution in [0.25, 0.3) is 11.0 Å². The molecule has 31 heavy (non-hydrogen) atoms. The predicted molar refractivity (Wildman–Crippen MR) is 121 cm³/mol. The lowest BCUT2D eigenvalue weighted by Crippen LogP contribution is -2.52. The number of nitrogens with one attached hydrogen (secondary N) is 2. The molecule has 1 aliphatic rings. The van der Waals surface area contributed by atoms with Gasteiger partial charge in [0.1, 0.15) is 22.0 Å². The Kier molecular flexibility index (Phi) is 6.64. The molecule has 0 radical (unpaired) electrons. The number of rotatable bonds is 7. The zero-order valence-electron chi connectivity index (χ0n) is 17.3. The van der Waals surface area contributed by atoms with Crippen LogP contribution in [0.5, 0.6) is 0 Å². The Balaban J connectivity index is 1.60. The van der Waals surface area contributed by atoms with Gasteiger partial charge in [-0.25, -0.2) is 8.42 Å². The fourth-order valence-corrected chi connectivity index (χ4v) is 6.06. The number of fused-ring (bicyclic) bond motifs is 1. The molecule has 1 heterocycles. The summed E-state index contributed by atoms with van der Waals surface area (Å²) in [6, 6.07) is 13.4. The second kappa shape index (κ2) is 9.42. The minimum absolute atomic E-state index is 0.0376. The minimum Gasteiger partial charge on any atom is -0.352 e. The van der Waals surface area contributed by atoms with Gasteiger partial charge in [-0.3, -0.25) is 4.79 Å². The Labute approximate surface area is 186 Å². The fourth-order valence-electron chi connectivity index (χ4n) is 4.10. The molecule has 2 aromatic carbocycles. The van der Waals surface area contributed by atoms with Crippen LogP contribution < -0.4 is 10.0 Å². The van der Waals surface area contributed by atoms with Crippen LogP contribution in [0.3, 0.4) is 0 Å². The van der Waals surface area contributed by atoms with E-state index < -0.39 is 16.1 Å². The van der Waals surface area contributed by atoms with Crippen molar-refractivity contribution in [2.45, 2.75) is 56.0 Å². The number of carbonyl (C=O) groups is 1. The molecule has 1 aromatic heterocycles. The molecule has 0 unspecified atom stereocenters. The number of aromatic nitrogens is 2. The third-order valence-corrected chi connectivity index (χ3v) is 7.92. The van der Waals surface area contributed by atoms with Gasteiger partial charge in [-0.1, -0.05) is 56.2 Å². The summed E-state index contributed by atoms with van der Waals surface area (Å²) in [5, 5.41) is 3.10. The molecule has 1 saturated carbocycles. The maximum atomic E-state index is 13.3. The second-order valence-electron chi connectivity index (χ2n) is 8.13. The van der Waals surface area contributed by atoms with Crippen molar-refractivity contribution >= 4 is 38.7 Å². The Morgan fingerprint density at radius 3 is 2.65 bits per heavy atom. The van der Waals surface area contributed by atoms with E-state index >= 15 is 0 Å². The maximum Gasteiger partial charge on any atom is 0.243 e. The fraction of sp³-hybridized carbons (Fsp3) is 0.409. The third kappa shape index (κ3) is 5.11. The van der Waals surface area contributed by atoms with Crippen LogP contribution in [-0.2, 0) is 21.2 Å². The summed E-state index contributed by atoms with van der Waals surface area (Å²) in [5.41, 5.74) is 1.73. The monoisotopic (exact) mass is 458 g/mol. The molecule has 164 valence electrons. The van der Waals surface area contributed by atoms with E-state index in [9.17, 15) is 13.2 Å². The van der Waals surface area contributed by atoms with E-state index in [1.807, 2.05) is 30.3 Å². The van der Waals surface area contributed by atoms with Crippen molar-refractivity contribution in [1.82, 2.24) is 18.8 Å². The number of hydrogen-bond donors (Lipinski definition) is 2.